The first-order valence-corrected chi connectivity index (χ1v) is 18.5. The van der Waals surface area contributed by atoms with Crippen molar-refractivity contribution in [2.45, 2.75) is 39.3 Å². The molecule has 0 aliphatic heterocycles. The van der Waals surface area contributed by atoms with E-state index in [-0.39, 0.29) is 36.1 Å². The fourth-order valence-corrected chi connectivity index (χ4v) is 5.67. The Morgan fingerprint density at radius 2 is 1.10 bits per heavy atom. The van der Waals surface area contributed by atoms with Gasteiger partial charge in [-0.2, -0.15) is 0 Å². The number of hydrogen-bond acceptors (Lipinski definition) is 11. The van der Waals surface area contributed by atoms with E-state index in [1.807, 2.05) is 109 Å². The first-order valence-electron chi connectivity index (χ1n) is 18.5. The number of hydrogen-bond donors (Lipinski definition) is 2. The molecule has 6 aromatic rings. The van der Waals surface area contributed by atoms with Gasteiger partial charge < -0.3 is 29.2 Å². The van der Waals surface area contributed by atoms with Crippen molar-refractivity contribution in [3.8, 4) is 67.9 Å². The second kappa shape index (κ2) is 18.8. The van der Waals surface area contributed by atoms with Gasteiger partial charge in [-0.15, -0.1) is 0 Å². The van der Waals surface area contributed by atoms with Crippen LogP contribution in [0.1, 0.15) is 20.8 Å². The molecule has 1 aromatic heterocycles. The molecule has 0 amide bonds. The van der Waals surface area contributed by atoms with E-state index < -0.39 is 30.4 Å². The normalized spacial score (nSPS) is 12.5. The van der Waals surface area contributed by atoms with Crippen molar-refractivity contribution in [1.29, 1.82) is 0 Å². The predicted molar refractivity (Wildman–Crippen MR) is 221 cm³/mol. The van der Waals surface area contributed by atoms with Gasteiger partial charge in [0.2, 0.25) is 0 Å². The van der Waals surface area contributed by atoms with Crippen molar-refractivity contribution >= 4 is 11.9 Å². The summed E-state index contributed by atoms with van der Waals surface area (Å²) in [5.74, 6) is -0.395. The fraction of sp³-hybridized carbons (Fsp3) is 0.170. The molecule has 3 atom stereocenters. The average molecular weight is 778 g/mol. The van der Waals surface area contributed by atoms with Gasteiger partial charge in [-0.3, -0.25) is 0 Å². The average Bonchev–Trinajstić information content (AvgIpc) is 3.24. The lowest BCUT2D eigenvalue weighted by Crippen LogP contribution is -2.35. The van der Waals surface area contributed by atoms with E-state index in [1.54, 1.807) is 19.1 Å². The lowest BCUT2D eigenvalue weighted by Gasteiger charge is -2.22. The zero-order chi connectivity index (χ0) is 41.2. The molecule has 0 aliphatic rings. The molecule has 0 aliphatic carbocycles. The summed E-state index contributed by atoms with van der Waals surface area (Å²) in [7, 11) is 0. The number of carbonyl (C=O) groups excluding carboxylic acids is 2. The highest BCUT2D eigenvalue weighted by molar-refractivity contribution is 5.87. The summed E-state index contributed by atoms with van der Waals surface area (Å²) >= 11 is 0. The standard InChI is InChI=1S/C47H43N3O8/c1-29(2)45(52)55-27-39(58-46(53)30(3)4)28-56-47(54)31(5)57-38-24-25-40(41(51)26-38)44-49-42(36-20-16-34(17-21-36)32-12-8-6-9-13-32)48-43(50-44)37-22-18-35(19-23-37)33-14-10-7-11-15-33/h6-26,31,39,46,51,53H,1,3,27-28H2,2,4-5H3. The summed E-state index contributed by atoms with van der Waals surface area (Å²) in [5, 5.41) is 21.4. The molecule has 2 N–H and O–H groups in total. The Kier molecular flexibility index (Phi) is 13.2. The van der Waals surface area contributed by atoms with E-state index in [4.69, 9.17) is 33.9 Å². The van der Waals surface area contributed by atoms with E-state index in [1.165, 1.54) is 19.9 Å². The Balaban J connectivity index is 1.22. The smallest absolute Gasteiger partial charge is 0.347 e. The lowest BCUT2D eigenvalue weighted by molar-refractivity contribution is -0.174. The number of carbonyl (C=O) groups is 2. The van der Waals surface area contributed by atoms with Gasteiger partial charge in [0.25, 0.3) is 0 Å². The van der Waals surface area contributed by atoms with E-state index in [2.05, 4.69) is 13.2 Å². The third-order valence-electron chi connectivity index (χ3n) is 8.89. The quantitative estimate of drug-likeness (QED) is 0.0421. The van der Waals surface area contributed by atoms with E-state index in [0.717, 1.165) is 33.4 Å². The number of phenolic OH excluding ortho intramolecular Hbond substituents is 1. The van der Waals surface area contributed by atoms with Crippen LogP contribution in [-0.4, -0.2) is 68.8 Å². The second-order valence-electron chi connectivity index (χ2n) is 13.6. The first-order chi connectivity index (χ1) is 27.9. The topological polar surface area (TPSA) is 150 Å². The zero-order valence-corrected chi connectivity index (χ0v) is 32.4. The van der Waals surface area contributed by atoms with Crippen molar-refractivity contribution in [2.75, 3.05) is 13.2 Å². The highest BCUT2D eigenvalue weighted by atomic mass is 16.6. The largest absolute Gasteiger partial charge is 0.507 e. The number of esters is 2. The van der Waals surface area contributed by atoms with Crippen LogP contribution in [0.15, 0.2) is 152 Å². The summed E-state index contributed by atoms with van der Waals surface area (Å²) in [6.45, 7) is 11.0. The Morgan fingerprint density at radius 1 is 0.638 bits per heavy atom. The highest BCUT2D eigenvalue weighted by Gasteiger charge is 2.24. The number of benzene rings is 5. The van der Waals surface area contributed by atoms with Crippen LogP contribution in [-0.2, 0) is 23.8 Å². The van der Waals surface area contributed by atoms with Gasteiger partial charge in [0.1, 0.15) is 30.8 Å². The first kappa shape index (κ1) is 40.7. The molecule has 6 rings (SSSR count). The number of rotatable bonds is 16. The molecular weight excluding hydrogens is 735 g/mol. The van der Waals surface area contributed by atoms with Crippen LogP contribution < -0.4 is 4.74 Å². The molecule has 0 fully saturated rings. The highest BCUT2D eigenvalue weighted by Crippen LogP contribution is 2.34. The summed E-state index contributed by atoms with van der Waals surface area (Å²) in [6, 6.07) is 40.5. The number of aromatic nitrogens is 3. The van der Waals surface area contributed by atoms with Crippen LogP contribution >= 0.6 is 0 Å². The summed E-state index contributed by atoms with van der Waals surface area (Å²) in [4.78, 5) is 39.3. The summed E-state index contributed by atoms with van der Waals surface area (Å²) in [5.41, 5.74) is 6.56. The predicted octanol–water partition coefficient (Wildman–Crippen LogP) is 8.62. The van der Waals surface area contributed by atoms with Gasteiger partial charge in [-0.25, -0.2) is 24.5 Å². The Hall–Kier alpha value is -6.95. The minimum Gasteiger partial charge on any atom is -0.507 e. The van der Waals surface area contributed by atoms with Crippen LogP contribution in [0.5, 0.6) is 11.5 Å². The van der Waals surface area contributed by atoms with Crippen molar-refractivity contribution in [3.63, 3.8) is 0 Å². The SMILES string of the molecule is C=C(C)C(=O)OCC(COC(=O)C(C)Oc1ccc(-c2nc(-c3ccc(-c4ccccc4)cc3)nc(-c3ccc(-c4ccccc4)cc3)n2)c(O)c1)OC(O)C(=C)C. The number of aliphatic hydroxyl groups is 1. The molecule has 0 bridgehead atoms. The Morgan fingerprint density at radius 3 is 1.59 bits per heavy atom. The monoisotopic (exact) mass is 777 g/mol. The molecule has 0 radical (unpaired) electrons. The van der Waals surface area contributed by atoms with Crippen LogP contribution in [0.4, 0.5) is 0 Å². The van der Waals surface area contributed by atoms with E-state index >= 15 is 0 Å². The summed E-state index contributed by atoms with van der Waals surface area (Å²) in [6.07, 6.45) is -3.50. The van der Waals surface area contributed by atoms with Gasteiger partial charge in [0, 0.05) is 22.8 Å². The third-order valence-corrected chi connectivity index (χ3v) is 8.89. The lowest BCUT2D eigenvalue weighted by atomic mass is 10.0. The molecule has 3 unspecified atom stereocenters. The maximum absolute atomic E-state index is 12.9. The van der Waals surface area contributed by atoms with Crippen molar-refractivity contribution in [1.82, 2.24) is 15.0 Å². The molecular formula is C47H43N3O8. The van der Waals surface area contributed by atoms with Gasteiger partial charge in [0.15, 0.2) is 29.9 Å². The van der Waals surface area contributed by atoms with Crippen molar-refractivity contribution in [3.05, 3.63) is 152 Å². The Labute approximate surface area is 336 Å². The van der Waals surface area contributed by atoms with Crippen LogP contribution in [0, 0.1) is 0 Å². The second-order valence-corrected chi connectivity index (χ2v) is 13.6. The van der Waals surface area contributed by atoms with Gasteiger partial charge in [-0.05, 0) is 60.7 Å². The number of nitrogens with zero attached hydrogens (tertiary/aromatic N) is 3. The van der Waals surface area contributed by atoms with E-state index in [9.17, 15) is 19.8 Å². The maximum Gasteiger partial charge on any atom is 0.347 e. The zero-order valence-electron chi connectivity index (χ0n) is 32.4. The van der Waals surface area contributed by atoms with Gasteiger partial charge >= 0.3 is 11.9 Å². The van der Waals surface area contributed by atoms with Crippen molar-refractivity contribution < 1.29 is 38.7 Å². The van der Waals surface area contributed by atoms with Crippen molar-refractivity contribution in [2.24, 2.45) is 0 Å². The molecule has 0 saturated carbocycles. The third kappa shape index (κ3) is 10.5. The Bertz CT molecular complexity index is 2280. The molecule has 11 nitrogen and oxygen atoms in total. The molecule has 5 aromatic carbocycles. The molecule has 58 heavy (non-hydrogen) atoms. The molecule has 0 spiro atoms. The number of aliphatic hydroxyl groups excluding tert-OH is 1. The maximum atomic E-state index is 12.9. The van der Waals surface area contributed by atoms with Crippen LogP contribution in [0.25, 0.3) is 56.4 Å². The minimum absolute atomic E-state index is 0.173. The van der Waals surface area contributed by atoms with Crippen LogP contribution in [0.3, 0.4) is 0 Å². The molecule has 1 heterocycles. The summed E-state index contributed by atoms with van der Waals surface area (Å²) < 4.78 is 21.8. The number of ether oxygens (including phenoxy) is 4. The van der Waals surface area contributed by atoms with Gasteiger partial charge in [0.05, 0.1) is 5.56 Å². The minimum atomic E-state index is -1.38. The molecule has 11 heteroatoms. The van der Waals surface area contributed by atoms with E-state index in [0.29, 0.717) is 22.8 Å². The fourth-order valence-electron chi connectivity index (χ4n) is 5.67. The van der Waals surface area contributed by atoms with Crippen LogP contribution in [0.2, 0.25) is 0 Å². The number of aromatic hydroxyl groups is 1. The molecule has 0 saturated heterocycles. The molecule has 294 valence electrons. The number of phenols is 1. The van der Waals surface area contributed by atoms with Gasteiger partial charge in [-0.1, -0.05) is 122 Å².